The summed E-state index contributed by atoms with van der Waals surface area (Å²) >= 11 is 0. The first-order valence-electron chi connectivity index (χ1n) is 0. The smallest absolute Gasteiger partial charge is 0 e. The van der Waals surface area contributed by atoms with Crippen molar-refractivity contribution in [2.45, 2.75) is 0 Å². The van der Waals surface area contributed by atoms with Gasteiger partial charge in [0.2, 0.25) is 0 Å². The van der Waals surface area contributed by atoms with Crippen LogP contribution >= 0.6 is 0 Å². The molecule has 0 fully saturated rings. The Morgan fingerprint density at radius 1 is 1.00 bits per heavy atom. The maximum Gasteiger partial charge on any atom is 0 e. The van der Waals surface area contributed by atoms with Gasteiger partial charge in [-0.15, -0.1) is 0 Å². The van der Waals surface area contributed by atoms with Gasteiger partial charge < -0.3 is 0 Å². The Bertz CT molecular complexity index is 8.00. The monoisotopic (exact) mass is 278 g/mol. The summed E-state index contributed by atoms with van der Waals surface area (Å²) in [6.07, 6.45) is 0. The average Bonchev–Trinajstić information content (AvgIpc) is 0. The average molecular weight is 279 g/mol. The Hall–Kier alpha value is 3.67. The second-order valence-corrected chi connectivity index (χ2v) is 0. The summed E-state index contributed by atoms with van der Waals surface area (Å²) in [6.45, 7) is 0. The first-order valence-corrected chi connectivity index (χ1v) is 0. The molecular formula is H8BaCaSiZn. The Morgan fingerprint density at radius 3 is 1.00 bits per heavy atom. The van der Waals surface area contributed by atoms with E-state index >= 15 is 0 Å². The number of hydrogen-bond acceptors (Lipinski definition) is 0. The molecule has 0 N–H and O–H groups in total. The van der Waals surface area contributed by atoms with Gasteiger partial charge in [-0.2, -0.15) is 0 Å². The van der Waals surface area contributed by atoms with E-state index in [1.54, 1.807) is 0 Å². The summed E-state index contributed by atoms with van der Waals surface area (Å²) in [5.41, 5.74) is 0. The van der Waals surface area contributed by atoms with Gasteiger partial charge in [0.05, 0.1) is 0 Å². The molecule has 0 aromatic carbocycles. The van der Waals surface area contributed by atoms with Gasteiger partial charge in [0, 0.05) is 19.5 Å². The van der Waals surface area contributed by atoms with Crippen LogP contribution in [0.1, 0.15) is 0 Å². The van der Waals surface area contributed by atoms with E-state index in [0.29, 0.717) is 0 Å². The molecule has 0 aliphatic heterocycles. The van der Waals surface area contributed by atoms with Crippen molar-refractivity contribution in [2.75, 3.05) is 0 Å². The maximum atomic E-state index is 0. The summed E-state index contributed by atoms with van der Waals surface area (Å²) in [5, 5.41) is 0. The molecule has 18 valence electrons. The van der Waals surface area contributed by atoms with E-state index < -0.39 is 0 Å². The van der Waals surface area contributed by atoms with Crippen molar-refractivity contribution in [3.63, 3.8) is 0 Å². The summed E-state index contributed by atoms with van der Waals surface area (Å²) in [7, 11) is 0. The number of hydrogen-bond donors (Lipinski definition) is 0. The van der Waals surface area contributed by atoms with E-state index in [9.17, 15) is 0 Å². The van der Waals surface area contributed by atoms with Crippen LogP contribution < -0.4 is 0 Å². The predicted molar refractivity (Wildman–Crippen MR) is 28.4 cm³/mol. The third-order valence-electron chi connectivity index (χ3n) is 0. The minimum Gasteiger partial charge on any atom is -0.0149 e. The van der Waals surface area contributed by atoms with Gasteiger partial charge in [0.25, 0.3) is 0 Å². The third kappa shape index (κ3) is 9.18. The van der Waals surface area contributed by atoms with E-state index in [1.165, 1.54) is 0 Å². The van der Waals surface area contributed by atoms with Crippen molar-refractivity contribution in [1.29, 1.82) is 0 Å². The van der Waals surface area contributed by atoms with Gasteiger partial charge in [-0.25, -0.2) is 0 Å². The van der Waals surface area contributed by atoms with E-state index in [-0.39, 0.29) is 117 Å². The van der Waals surface area contributed by atoms with Crippen LogP contribution in [0, 0.1) is 0 Å². The Balaban J connectivity index is 0. The van der Waals surface area contributed by atoms with Gasteiger partial charge in [-0.05, 0) is 11.0 Å². The summed E-state index contributed by atoms with van der Waals surface area (Å²) < 4.78 is 0. The molecule has 0 nitrogen and oxygen atoms in total. The molecule has 0 rings (SSSR count). The summed E-state index contributed by atoms with van der Waals surface area (Å²) in [6, 6.07) is 0. The SMILES string of the molecule is [BaH2].[CaH2].[SiH4].[Zn]. The molecule has 0 amide bonds. The molecule has 4 heteroatoms. The first kappa shape index (κ1) is 25.3. The first-order chi connectivity index (χ1) is 0. The fraction of sp³-hybridized carbons (Fsp3) is 0. The molecule has 0 saturated carbocycles. The van der Waals surface area contributed by atoms with Crippen LogP contribution in [-0.2, 0) is 19.5 Å². The zero-order chi connectivity index (χ0) is 0. The molecule has 0 aromatic heterocycles. The second kappa shape index (κ2) is 15.9. The molecule has 0 radical (unpaired) electrons. The molecule has 0 atom stereocenters. The molecule has 0 bridgehead atoms. The zero-order valence-corrected chi connectivity index (χ0v) is 3.67. The second-order valence-electron chi connectivity index (χ2n) is 0. The zero-order valence-electron chi connectivity index (χ0n) is 0.707. The van der Waals surface area contributed by atoms with Crippen LogP contribution in [0.3, 0.4) is 0 Å². The Morgan fingerprint density at radius 2 is 1.00 bits per heavy atom. The molecular weight excluding hydrogens is 271 g/mol. The molecule has 0 saturated heterocycles. The Kier molecular flexibility index (Phi) is 101. The van der Waals surface area contributed by atoms with Crippen LogP contribution in [-0.4, -0.2) is 97.6 Å². The summed E-state index contributed by atoms with van der Waals surface area (Å²) in [4.78, 5) is 0. The van der Waals surface area contributed by atoms with Gasteiger partial charge in [-0.1, -0.05) is 0 Å². The molecule has 0 aromatic rings. The molecule has 4 heavy (non-hydrogen) atoms. The molecule has 0 aliphatic carbocycles. The minimum atomic E-state index is 0. The van der Waals surface area contributed by atoms with Gasteiger partial charge >= 0.3 is 86.6 Å². The minimum absolute atomic E-state index is 0. The standard InChI is InChI=1S/Ba.Ca.H4Si.Zn.4H/h;;1H4;;;;;. The van der Waals surface area contributed by atoms with E-state index in [1.807, 2.05) is 0 Å². The molecule has 0 spiro atoms. The Labute approximate surface area is 114 Å². The van der Waals surface area contributed by atoms with Crippen LogP contribution in [0.2, 0.25) is 0 Å². The third-order valence-corrected chi connectivity index (χ3v) is 0. The van der Waals surface area contributed by atoms with Crippen molar-refractivity contribution >= 4 is 97.6 Å². The summed E-state index contributed by atoms with van der Waals surface area (Å²) in [5.74, 6) is 0. The molecule has 0 aliphatic rings. The topological polar surface area (TPSA) is 0 Å². The van der Waals surface area contributed by atoms with Crippen molar-refractivity contribution in [3.05, 3.63) is 0 Å². The van der Waals surface area contributed by atoms with Gasteiger partial charge in [0.15, 0.2) is 0 Å². The molecule has 0 unspecified atom stereocenters. The number of rotatable bonds is 0. The van der Waals surface area contributed by atoms with Crippen LogP contribution in [0.15, 0.2) is 0 Å². The van der Waals surface area contributed by atoms with Crippen LogP contribution in [0.25, 0.3) is 0 Å². The fourth-order valence-electron chi connectivity index (χ4n) is 0. The fourth-order valence-corrected chi connectivity index (χ4v) is 0. The van der Waals surface area contributed by atoms with E-state index in [0.717, 1.165) is 0 Å². The maximum absolute atomic E-state index is 0. The predicted octanol–water partition coefficient (Wildman–Crippen LogP) is -3.29. The normalized spacial score (nSPS) is 0. The van der Waals surface area contributed by atoms with Gasteiger partial charge in [-0.3, -0.25) is 0 Å². The quantitative estimate of drug-likeness (QED) is 0.408. The van der Waals surface area contributed by atoms with Crippen molar-refractivity contribution < 1.29 is 19.5 Å². The van der Waals surface area contributed by atoms with Crippen molar-refractivity contribution in [2.24, 2.45) is 0 Å². The van der Waals surface area contributed by atoms with Crippen LogP contribution in [0.4, 0.5) is 0 Å². The van der Waals surface area contributed by atoms with E-state index in [4.69, 9.17) is 0 Å². The van der Waals surface area contributed by atoms with E-state index in [2.05, 4.69) is 0 Å². The van der Waals surface area contributed by atoms with Crippen molar-refractivity contribution in [3.8, 4) is 0 Å². The largest absolute Gasteiger partial charge is 0.0149 e. The molecule has 0 heterocycles. The van der Waals surface area contributed by atoms with Gasteiger partial charge in [0.1, 0.15) is 0 Å². The van der Waals surface area contributed by atoms with Crippen molar-refractivity contribution in [1.82, 2.24) is 0 Å². The van der Waals surface area contributed by atoms with Crippen LogP contribution in [0.5, 0.6) is 0 Å².